The number of rotatable bonds is 5. The lowest BCUT2D eigenvalue weighted by Crippen LogP contribution is -2.08. The van der Waals surface area contributed by atoms with Gasteiger partial charge in [0.25, 0.3) is 0 Å². The lowest BCUT2D eigenvalue weighted by molar-refractivity contribution is 0.0525. The Balaban J connectivity index is 2.42. The highest BCUT2D eigenvalue weighted by atomic mass is 79.9. The van der Waals surface area contributed by atoms with Crippen molar-refractivity contribution in [1.82, 2.24) is 4.98 Å². The molecule has 0 aromatic carbocycles. The third-order valence-corrected chi connectivity index (χ3v) is 5.02. The second kappa shape index (κ2) is 7.60. The molecule has 0 bridgehead atoms. The summed E-state index contributed by atoms with van der Waals surface area (Å²) in [5, 5.41) is 11.2. The molecule has 0 radical (unpaired) electrons. The Hall–Kier alpha value is -2.17. The molecular weight excluding hydrogens is 392 g/mol. The van der Waals surface area contributed by atoms with Gasteiger partial charge in [0.1, 0.15) is 11.6 Å². The van der Waals surface area contributed by atoms with E-state index >= 15 is 0 Å². The number of nitrogens with one attached hydrogen (secondary N) is 1. The normalized spacial score (nSPS) is 11.2. The molecule has 2 aromatic rings. The van der Waals surface area contributed by atoms with Gasteiger partial charge >= 0.3 is 5.97 Å². The van der Waals surface area contributed by atoms with Gasteiger partial charge in [-0.2, -0.15) is 5.26 Å². The number of ketones is 1. The minimum absolute atomic E-state index is 0.00380. The van der Waals surface area contributed by atoms with Crippen molar-refractivity contribution in [3.05, 3.63) is 48.9 Å². The van der Waals surface area contributed by atoms with E-state index in [-0.39, 0.29) is 17.9 Å². The number of ether oxygens (including phenoxy) is 1. The van der Waals surface area contributed by atoms with E-state index in [2.05, 4.69) is 20.9 Å². The molecule has 24 heavy (non-hydrogen) atoms. The fraction of sp³-hybridized carbons (Fsp3) is 0.235. The number of nitriles is 1. The van der Waals surface area contributed by atoms with Gasteiger partial charge in [-0.3, -0.25) is 4.79 Å². The SMILES string of the molecule is CCOC(=O)c1c(C)[nH]c(C(=O)/C(C#N)=C/c2cc(Br)cs2)c1C. The van der Waals surface area contributed by atoms with E-state index in [0.29, 0.717) is 16.8 Å². The largest absolute Gasteiger partial charge is 0.462 e. The summed E-state index contributed by atoms with van der Waals surface area (Å²) in [7, 11) is 0. The van der Waals surface area contributed by atoms with E-state index in [1.807, 2.05) is 17.5 Å². The van der Waals surface area contributed by atoms with Crippen LogP contribution in [0.1, 0.15) is 43.9 Å². The molecule has 1 N–H and O–H groups in total. The molecular formula is C17H15BrN2O3S. The summed E-state index contributed by atoms with van der Waals surface area (Å²) in [6.07, 6.45) is 1.54. The zero-order valence-corrected chi connectivity index (χ0v) is 15.8. The van der Waals surface area contributed by atoms with Crippen LogP contribution >= 0.6 is 27.3 Å². The quantitative estimate of drug-likeness (QED) is 0.344. The van der Waals surface area contributed by atoms with Gasteiger partial charge < -0.3 is 9.72 Å². The van der Waals surface area contributed by atoms with Gasteiger partial charge in [0.15, 0.2) is 0 Å². The number of aromatic amines is 1. The Kier molecular flexibility index (Phi) is 5.75. The van der Waals surface area contributed by atoms with E-state index in [0.717, 1.165) is 9.35 Å². The highest BCUT2D eigenvalue weighted by molar-refractivity contribution is 9.10. The van der Waals surface area contributed by atoms with Gasteiger partial charge in [-0.25, -0.2) is 4.79 Å². The zero-order chi connectivity index (χ0) is 17.9. The molecule has 0 amide bonds. The number of hydrogen-bond acceptors (Lipinski definition) is 5. The van der Waals surface area contributed by atoms with E-state index in [1.165, 1.54) is 17.4 Å². The highest BCUT2D eigenvalue weighted by Gasteiger charge is 2.24. The molecule has 0 atom stereocenters. The topological polar surface area (TPSA) is 83.0 Å². The van der Waals surface area contributed by atoms with Gasteiger partial charge in [-0.05, 0) is 54.4 Å². The molecule has 0 aliphatic carbocycles. The van der Waals surface area contributed by atoms with Crippen molar-refractivity contribution in [3.63, 3.8) is 0 Å². The van der Waals surface area contributed by atoms with Crippen LogP contribution in [0.2, 0.25) is 0 Å². The number of carbonyl (C=O) groups is 2. The third kappa shape index (κ3) is 3.66. The van der Waals surface area contributed by atoms with Crippen molar-refractivity contribution in [2.75, 3.05) is 6.61 Å². The summed E-state index contributed by atoms with van der Waals surface area (Å²) in [6, 6.07) is 3.76. The van der Waals surface area contributed by atoms with Gasteiger partial charge in [0, 0.05) is 20.4 Å². The van der Waals surface area contributed by atoms with Crippen LogP contribution in [0.3, 0.4) is 0 Å². The number of H-pyrrole nitrogens is 1. The summed E-state index contributed by atoms with van der Waals surface area (Å²) in [5.74, 6) is -0.925. The molecule has 0 saturated heterocycles. The zero-order valence-electron chi connectivity index (χ0n) is 13.4. The fourth-order valence-corrected chi connectivity index (χ4v) is 3.69. The van der Waals surface area contributed by atoms with Crippen molar-refractivity contribution >= 4 is 45.1 Å². The summed E-state index contributed by atoms with van der Waals surface area (Å²) < 4.78 is 5.90. The van der Waals surface area contributed by atoms with E-state index < -0.39 is 11.8 Å². The van der Waals surface area contributed by atoms with Crippen LogP contribution < -0.4 is 0 Å². The van der Waals surface area contributed by atoms with Gasteiger partial charge in [0.2, 0.25) is 5.78 Å². The smallest absolute Gasteiger partial charge is 0.340 e. The Labute approximate surface area is 152 Å². The van der Waals surface area contributed by atoms with Gasteiger partial charge in [-0.15, -0.1) is 11.3 Å². The number of carbonyl (C=O) groups excluding carboxylic acids is 2. The molecule has 124 valence electrons. The second-order valence-electron chi connectivity index (χ2n) is 5.01. The Morgan fingerprint density at radius 3 is 2.71 bits per heavy atom. The minimum atomic E-state index is -0.479. The van der Waals surface area contributed by atoms with Crippen molar-refractivity contribution < 1.29 is 14.3 Å². The van der Waals surface area contributed by atoms with Crippen LogP contribution in [-0.4, -0.2) is 23.3 Å². The Morgan fingerprint density at radius 1 is 1.46 bits per heavy atom. The standard InChI is InChI=1S/C17H15BrN2O3S/c1-4-23-17(22)14-9(2)15(20-10(14)3)16(21)11(7-19)5-13-6-12(18)8-24-13/h5-6,8,20H,4H2,1-3H3/b11-5+. The first-order chi connectivity index (χ1) is 11.4. The van der Waals surface area contributed by atoms with Crippen molar-refractivity contribution in [2.24, 2.45) is 0 Å². The van der Waals surface area contributed by atoms with Crippen LogP contribution in [0, 0.1) is 25.2 Å². The molecule has 0 aliphatic rings. The minimum Gasteiger partial charge on any atom is -0.462 e. The van der Waals surface area contributed by atoms with E-state index in [9.17, 15) is 14.9 Å². The van der Waals surface area contributed by atoms with E-state index in [1.54, 1.807) is 20.8 Å². The molecule has 0 saturated carbocycles. The van der Waals surface area contributed by atoms with E-state index in [4.69, 9.17) is 4.74 Å². The van der Waals surface area contributed by atoms with Crippen LogP contribution in [0.4, 0.5) is 0 Å². The Bertz CT molecular complexity index is 871. The maximum absolute atomic E-state index is 12.7. The molecule has 0 unspecified atom stereocenters. The van der Waals surface area contributed by atoms with Crippen LogP contribution in [0.5, 0.6) is 0 Å². The average Bonchev–Trinajstić information content (AvgIpc) is 3.07. The van der Waals surface area contributed by atoms with Gasteiger partial charge in [0.05, 0.1) is 17.9 Å². The lowest BCUT2D eigenvalue weighted by atomic mass is 10.0. The number of thiophene rings is 1. The number of allylic oxidation sites excluding steroid dienone is 1. The molecule has 2 heterocycles. The maximum Gasteiger partial charge on any atom is 0.340 e. The summed E-state index contributed by atoms with van der Waals surface area (Å²) in [6.45, 7) is 5.33. The lowest BCUT2D eigenvalue weighted by Gasteiger charge is -2.02. The number of halogens is 1. The molecule has 0 aliphatic heterocycles. The Morgan fingerprint density at radius 2 is 2.17 bits per heavy atom. The predicted octanol–water partition coefficient (Wildman–Crippen LogP) is 4.42. The number of aromatic nitrogens is 1. The van der Waals surface area contributed by atoms with Gasteiger partial charge in [-0.1, -0.05) is 0 Å². The third-order valence-electron chi connectivity index (χ3n) is 3.38. The first-order valence-electron chi connectivity index (χ1n) is 7.15. The first-order valence-corrected chi connectivity index (χ1v) is 8.83. The van der Waals surface area contributed by atoms with Crippen molar-refractivity contribution in [1.29, 1.82) is 5.26 Å². The molecule has 0 fully saturated rings. The van der Waals surface area contributed by atoms with Crippen LogP contribution in [0.25, 0.3) is 6.08 Å². The predicted molar refractivity (Wildman–Crippen MR) is 96.2 cm³/mol. The number of hydrogen-bond donors (Lipinski definition) is 1. The molecule has 7 heteroatoms. The van der Waals surface area contributed by atoms with Crippen LogP contribution in [-0.2, 0) is 4.74 Å². The summed E-state index contributed by atoms with van der Waals surface area (Å²) in [4.78, 5) is 28.4. The summed E-state index contributed by atoms with van der Waals surface area (Å²) in [5.41, 5.74) is 1.62. The number of esters is 1. The van der Waals surface area contributed by atoms with Crippen molar-refractivity contribution in [2.45, 2.75) is 20.8 Å². The molecule has 2 aromatic heterocycles. The molecule has 5 nitrogen and oxygen atoms in total. The number of Topliss-reactive ketones (excluding diaryl/α,β-unsaturated/α-hetero) is 1. The molecule has 0 spiro atoms. The monoisotopic (exact) mass is 406 g/mol. The number of aryl methyl sites for hydroxylation is 1. The maximum atomic E-state index is 12.7. The number of nitrogens with zero attached hydrogens (tertiary/aromatic N) is 1. The summed E-state index contributed by atoms with van der Waals surface area (Å²) >= 11 is 4.76. The fourth-order valence-electron chi connectivity index (χ4n) is 2.32. The first kappa shape index (κ1) is 18.2. The highest BCUT2D eigenvalue weighted by Crippen LogP contribution is 2.25. The second-order valence-corrected chi connectivity index (χ2v) is 6.87. The van der Waals surface area contributed by atoms with Crippen LogP contribution in [0.15, 0.2) is 21.5 Å². The average molecular weight is 407 g/mol. The van der Waals surface area contributed by atoms with Crippen molar-refractivity contribution in [3.8, 4) is 6.07 Å². The molecule has 2 rings (SSSR count).